The number of benzene rings is 2. The zero-order valence-corrected chi connectivity index (χ0v) is 14.9. The van der Waals surface area contributed by atoms with Gasteiger partial charge in [-0.15, -0.1) is 11.8 Å². The van der Waals surface area contributed by atoms with E-state index >= 15 is 0 Å². The number of fused-ring (bicyclic) bond motifs is 1. The van der Waals surface area contributed by atoms with Gasteiger partial charge in [0.2, 0.25) is 5.91 Å². The van der Waals surface area contributed by atoms with Gasteiger partial charge >= 0.3 is 6.09 Å². The minimum absolute atomic E-state index is 0.126. The van der Waals surface area contributed by atoms with Crippen LogP contribution in [-0.4, -0.2) is 38.1 Å². The zero-order chi connectivity index (χ0) is 18.4. The monoisotopic (exact) mass is 374 g/mol. The molecule has 0 fully saturated rings. The molecule has 136 valence electrons. The Morgan fingerprint density at radius 2 is 1.65 bits per heavy atom. The molecule has 1 aliphatic heterocycles. The first-order valence-electron chi connectivity index (χ1n) is 7.91. The van der Waals surface area contributed by atoms with E-state index in [1.165, 1.54) is 18.9 Å². The van der Waals surface area contributed by atoms with Crippen LogP contribution in [0.15, 0.2) is 47.4 Å². The van der Waals surface area contributed by atoms with Crippen molar-refractivity contribution >= 4 is 35.1 Å². The lowest BCUT2D eigenvalue weighted by Crippen LogP contribution is -2.15. The van der Waals surface area contributed by atoms with Crippen LogP contribution in [0.1, 0.15) is 0 Å². The summed E-state index contributed by atoms with van der Waals surface area (Å²) in [6.45, 7) is 1.08. The predicted molar refractivity (Wildman–Crippen MR) is 99.3 cm³/mol. The minimum Gasteiger partial charge on any atom is -0.486 e. The molecule has 0 aliphatic carbocycles. The smallest absolute Gasteiger partial charge is 0.411 e. The molecule has 1 heterocycles. The highest BCUT2D eigenvalue weighted by Crippen LogP contribution is 2.34. The lowest BCUT2D eigenvalue weighted by molar-refractivity contribution is -0.113. The highest BCUT2D eigenvalue weighted by atomic mass is 32.2. The Labute approximate surface area is 155 Å². The molecule has 8 heteroatoms. The third kappa shape index (κ3) is 4.82. The van der Waals surface area contributed by atoms with Crippen molar-refractivity contribution < 1.29 is 23.8 Å². The van der Waals surface area contributed by atoms with Crippen molar-refractivity contribution in [2.24, 2.45) is 0 Å². The van der Waals surface area contributed by atoms with Gasteiger partial charge in [0.05, 0.1) is 12.9 Å². The zero-order valence-electron chi connectivity index (χ0n) is 14.1. The number of hydrogen-bond acceptors (Lipinski definition) is 6. The summed E-state index contributed by atoms with van der Waals surface area (Å²) < 4.78 is 15.5. The van der Waals surface area contributed by atoms with E-state index in [0.717, 1.165) is 10.6 Å². The van der Waals surface area contributed by atoms with Crippen LogP contribution in [0, 0.1) is 0 Å². The standard InChI is InChI=1S/C18H18N2O5S/c1-23-18(22)20-13-4-2-12(3-5-13)19-17(21)11-26-14-6-7-15-16(10-14)25-9-8-24-15/h2-7,10H,8-9,11H2,1H3,(H,19,21)(H,20,22). The fourth-order valence-electron chi connectivity index (χ4n) is 2.27. The molecule has 0 aromatic heterocycles. The van der Waals surface area contributed by atoms with Crippen LogP contribution < -0.4 is 20.1 Å². The lowest BCUT2D eigenvalue weighted by atomic mass is 10.3. The van der Waals surface area contributed by atoms with Gasteiger partial charge in [-0.3, -0.25) is 10.1 Å². The average molecular weight is 374 g/mol. The number of rotatable bonds is 5. The molecule has 0 saturated heterocycles. The Bertz CT molecular complexity index is 795. The van der Waals surface area contributed by atoms with Crippen LogP contribution in [0.2, 0.25) is 0 Å². The maximum absolute atomic E-state index is 12.1. The van der Waals surface area contributed by atoms with Gasteiger partial charge in [-0.1, -0.05) is 0 Å². The maximum Gasteiger partial charge on any atom is 0.411 e. The molecule has 2 N–H and O–H groups in total. The quantitative estimate of drug-likeness (QED) is 0.781. The van der Waals surface area contributed by atoms with Crippen molar-refractivity contribution in [3.8, 4) is 11.5 Å². The number of nitrogens with one attached hydrogen (secondary N) is 2. The first-order valence-corrected chi connectivity index (χ1v) is 8.90. The van der Waals surface area contributed by atoms with E-state index in [0.29, 0.717) is 30.3 Å². The highest BCUT2D eigenvalue weighted by molar-refractivity contribution is 8.00. The van der Waals surface area contributed by atoms with Gasteiger partial charge < -0.3 is 19.5 Å². The van der Waals surface area contributed by atoms with Gasteiger partial charge in [0.25, 0.3) is 0 Å². The Hall–Kier alpha value is -2.87. The summed E-state index contributed by atoms with van der Waals surface area (Å²) in [5.74, 6) is 1.57. The second kappa shape index (κ2) is 8.48. The molecule has 0 bridgehead atoms. The molecular weight excluding hydrogens is 356 g/mol. The Morgan fingerprint density at radius 1 is 1.00 bits per heavy atom. The van der Waals surface area contributed by atoms with E-state index in [9.17, 15) is 9.59 Å². The minimum atomic E-state index is -0.544. The predicted octanol–water partition coefficient (Wildman–Crippen LogP) is 3.37. The molecule has 1 aliphatic rings. The number of carbonyl (C=O) groups is 2. The fraction of sp³-hybridized carbons (Fsp3) is 0.222. The van der Waals surface area contributed by atoms with E-state index in [1.807, 2.05) is 18.2 Å². The molecule has 2 amide bonds. The topological polar surface area (TPSA) is 85.9 Å². The number of thioether (sulfide) groups is 1. The number of carbonyl (C=O) groups excluding carboxylic acids is 2. The SMILES string of the molecule is COC(=O)Nc1ccc(NC(=O)CSc2ccc3c(c2)OCCO3)cc1. The summed E-state index contributed by atoms with van der Waals surface area (Å²) in [6.07, 6.45) is -0.544. The van der Waals surface area contributed by atoms with Gasteiger partial charge in [0.1, 0.15) is 13.2 Å². The normalized spacial score (nSPS) is 12.2. The fourth-order valence-corrected chi connectivity index (χ4v) is 2.99. The van der Waals surface area contributed by atoms with Crippen LogP contribution in [0.3, 0.4) is 0 Å². The summed E-state index contributed by atoms with van der Waals surface area (Å²) in [7, 11) is 1.29. The summed E-state index contributed by atoms with van der Waals surface area (Å²) in [6, 6.07) is 12.4. The van der Waals surface area contributed by atoms with Crippen molar-refractivity contribution in [2.75, 3.05) is 36.7 Å². The molecule has 2 aromatic carbocycles. The third-order valence-electron chi connectivity index (χ3n) is 3.48. The summed E-state index contributed by atoms with van der Waals surface area (Å²) in [4.78, 5) is 24.2. The molecule has 0 radical (unpaired) electrons. The van der Waals surface area contributed by atoms with Gasteiger partial charge in [0, 0.05) is 16.3 Å². The van der Waals surface area contributed by atoms with Crippen LogP contribution in [-0.2, 0) is 9.53 Å². The number of methoxy groups -OCH3 is 1. The molecule has 2 aromatic rings. The third-order valence-corrected chi connectivity index (χ3v) is 4.48. The number of anilines is 2. The van der Waals surface area contributed by atoms with Crippen molar-refractivity contribution in [2.45, 2.75) is 4.90 Å². The van der Waals surface area contributed by atoms with Gasteiger partial charge in [-0.25, -0.2) is 4.79 Å². The molecule has 7 nitrogen and oxygen atoms in total. The number of amides is 2. The van der Waals surface area contributed by atoms with Crippen LogP contribution in [0.25, 0.3) is 0 Å². The lowest BCUT2D eigenvalue weighted by Gasteiger charge is -2.18. The van der Waals surface area contributed by atoms with Crippen molar-refractivity contribution in [3.63, 3.8) is 0 Å². The molecule has 26 heavy (non-hydrogen) atoms. The molecule has 0 spiro atoms. The molecule has 0 atom stereocenters. The van der Waals surface area contributed by atoms with Crippen LogP contribution in [0.4, 0.5) is 16.2 Å². The van der Waals surface area contributed by atoms with Gasteiger partial charge in [-0.05, 0) is 42.5 Å². The largest absolute Gasteiger partial charge is 0.486 e. The van der Waals surface area contributed by atoms with Crippen molar-refractivity contribution in [1.82, 2.24) is 0 Å². The van der Waals surface area contributed by atoms with E-state index in [-0.39, 0.29) is 11.7 Å². The summed E-state index contributed by atoms with van der Waals surface area (Å²) in [5, 5.41) is 5.35. The maximum atomic E-state index is 12.1. The Morgan fingerprint density at radius 3 is 2.35 bits per heavy atom. The van der Waals surface area contributed by atoms with Crippen molar-refractivity contribution in [1.29, 1.82) is 0 Å². The van der Waals surface area contributed by atoms with E-state index in [2.05, 4.69) is 15.4 Å². The highest BCUT2D eigenvalue weighted by Gasteiger charge is 2.12. The Balaban J connectivity index is 1.50. The second-order valence-electron chi connectivity index (χ2n) is 5.34. The van der Waals surface area contributed by atoms with Crippen LogP contribution in [0.5, 0.6) is 11.5 Å². The first-order chi connectivity index (χ1) is 12.6. The number of hydrogen-bond donors (Lipinski definition) is 2. The van der Waals surface area contributed by atoms with E-state index in [4.69, 9.17) is 9.47 Å². The molecular formula is C18H18N2O5S. The average Bonchev–Trinajstić information content (AvgIpc) is 2.67. The van der Waals surface area contributed by atoms with E-state index < -0.39 is 6.09 Å². The molecule has 3 rings (SSSR count). The first kappa shape index (κ1) is 17.9. The summed E-state index contributed by atoms with van der Waals surface area (Å²) in [5.41, 5.74) is 1.23. The van der Waals surface area contributed by atoms with Gasteiger partial charge in [-0.2, -0.15) is 0 Å². The Kier molecular flexibility index (Phi) is 5.85. The molecule has 0 saturated carbocycles. The van der Waals surface area contributed by atoms with Gasteiger partial charge in [0.15, 0.2) is 11.5 Å². The van der Waals surface area contributed by atoms with Crippen LogP contribution >= 0.6 is 11.8 Å². The summed E-state index contributed by atoms with van der Waals surface area (Å²) >= 11 is 1.41. The van der Waals surface area contributed by atoms with E-state index in [1.54, 1.807) is 24.3 Å². The second-order valence-corrected chi connectivity index (χ2v) is 6.39. The number of ether oxygens (including phenoxy) is 3. The molecule has 0 unspecified atom stereocenters. The van der Waals surface area contributed by atoms with Crippen molar-refractivity contribution in [3.05, 3.63) is 42.5 Å².